The normalized spacial score (nSPS) is 21.0. The van der Waals surface area contributed by atoms with Gasteiger partial charge in [-0.2, -0.15) is 0 Å². The van der Waals surface area contributed by atoms with Crippen LogP contribution in [0.2, 0.25) is 0 Å². The van der Waals surface area contributed by atoms with Crippen LogP contribution >= 0.6 is 0 Å². The molecule has 0 amide bonds. The Morgan fingerprint density at radius 1 is 1.23 bits per heavy atom. The lowest BCUT2D eigenvalue weighted by molar-refractivity contribution is -0.140. The Morgan fingerprint density at radius 3 is 2.18 bits per heavy atom. The Morgan fingerprint density at radius 2 is 1.77 bits per heavy atom. The van der Waals surface area contributed by atoms with Gasteiger partial charge in [-0.1, -0.05) is 5.16 Å². The van der Waals surface area contributed by atoms with Crippen molar-refractivity contribution in [3.63, 3.8) is 0 Å². The second kappa shape index (κ2) is 5.70. The molecule has 1 atom stereocenters. The van der Waals surface area contributed by atoms with Gasteiger partial charge in [0.1, 0.15) is 5.76 Å². The number of hydrogen-bond donors (Lipinski definition) is 0. The second-order valence-electron chi connectivity index (χ2n) is 6.75. The fourth-order valence-electron chi connectivity index (χ4n) is 2.67. The third-order valence-corrected chi connectivity index (χ3v) is 4.67. The van der Waals surface area contributed by atoms with Crippen LogP contribution in [0.5, 0.6) is 0 Å². The minimum atomic E-state index is -0.555. The Bertz CT molecular complexity index is 531. The van der Waals surface area contributed by atoms with Gasteiger partial charge in [0.2, 0.25) is 0 Å². The fourth-order valence-corrected chi connectivity index (χ4v) is 2.67. The number of nitrogens with zero attached hydrogens (tertiary/aromatic N) is 1. The molecule has 1 aliphatic rings. The monoisotopic (exact) mass is 309 g/mol. The summed E-state index contributed by atoms with van der Waals surface area (Å²) in [7, 11) is 0.817. The quantitative estimate of drug-likeness (QED) is 0.629. The molecule has 122 valence electrons. The molecule has 22 heavy (non-hydrogen) atoms. The third-order valence-electron chi connectivity index (χ3n) is 4.67. The predicted molar refractivity (Wildman–Crippen MR) is 81.4 cm³/mol. The highest BCUT2D eigenvalue weighted by Gasteiger charge is 2.55. The van der Waals surface area contributed by atoms with Crippen molar-refractivity contribution in [3.8, 4) is 0 Å². The summed E-state index contributed by atoms with van der Waals surface area (Å²) >= 11 is 0. The van der Waals surface area contributed by atoms with Crippen LogP contribution in [0.4, 0.5) is 0 Å². The molecular formula is C15H24BNO5. The number of ether oxygens (including phenoxy) is 1. The average Bonchev–Trinajstić information content (AvgIpc) is 2.84. The number of carbonyl (C=O) groups excluding carboxylic acids is 1. The largest absolute Gasteiger partial charge is 0.469 e. The first kappa shape index (κ1) is 17.0. The highest BCUT2D eigenvalue weighted by atomic mass is 16.7. The van der Waals surface area contributed by atoms with Crippen LogP contribution in [-0.2, 0) is 18.8 Å². The second-order valence-corrected chi connectivity index (χ2v) is 6.75. The van der Waals surface area contributed by atoms with E-state index in [4.69, 9.17) is 18.6 Å². The molecule has 0 radical (unpaired) electrons. The Balaban J connectivity index is 2.37. The van der Waals surface area contributed by atoms with Gasteiger partial charge in [0, 0.05) is 11.4 Å². The Kier molecular flexibility index (Phi) is 4.41. The van der Waals surface area contributed by atoms with E-state index in [2.05, 4.69) is 5.16 Å². The average molecular weight is 309 g/mol. The van der Waals surface area contributed by atoms with Crippen LogP contribution in [0.1, 0.15) is 57.0 Å². The molecule has 1 aliphatic heterocycles. The van der Waals surface area contributed by atoms with Gasteiger partial charge in [-0.3, -0.25) is 4.79 Å². The van der Waals surface area contributed by atoms with Gasteiger partial charge >= 0.3 is 13.1 Å². The Hall–Kier alpha value is -1.34. The van der Waals surface area contributed by atoms with E-state index in [0.29, 0.717) is 5.76 Å². The molecule has 1 aromatic rings. The van der Waals surface area contributed by atoms with Crippen LogP contribution in [0.25, 0.3) is 0 Å². The van der Waals surface area contributed by atoms with Crippen molar-refractivity contribution in [1.29, 1.82) is 0 Å². The summed E-state index contributed by atoms with van der Waals surface area (Å²) in [5.41, 5.74) is 0.653. The van der Waals surface area contributed by atoms with Gasteiger partial charge < -0.3 is 18.6 Å². The van der Waals surface area contributed by atoms with E-state index in [-0.39, 0.29) is 18.2 Å². The lowest BCUT2D eigenvalue weighted by Crippen LogP contribution is -2.41. The summed E-state index contributed by atoms with van der Waals surface area (Å²) in [5.74, 6) is 0.0283. The van der Waals surface area contributed by atoms with Gasteiger partial charge in [-0.25, -0.2) is 0 Å². The zero-order valence-corrected chi connectivity index (χ0v) is 14.4. The molecule has 0 saturated carbocycles. The molecule has 0 aliphatic carbocycles. The zero-order chi connectivity index (χ0) is 16.7. The molecule has 1 saturated heterocycles. The highest BCUT2D eigenvalue weighted by Crippen LogP contribution is 2.42. The van der Waals surface area contributed by atoms with Crippen molar-refractivity contribution in [2.45, 2.75) is 65.0 Å². The maximum atomic E-state index is 11.8. The summed E-state index contributed by atoms with van der Waals surface area (Å²) in [6.07, 6.45) is 0.149. The molecule has 1 unspecified atom stereocenters. The molecule has 0 bridgehead atoms. The number of aryl methyl sites for hydroxylation is 2. The first-order chi connectivity index (χ1) is 10.1. The summed E-state index contributed by atoms with van der Waals surface area (Å²) < 4.78 is 22.3. The smallest absolute Gasteiger partial charge is 0.466 e. The third kappa shape index (κ3) is 2.92. The van der Waals surface area contributed by atoms with E-state index in [1.165, 1.54) is 7.11 Å². The van der Waals surface area contributed by atoms with Crippen molar-refractivity contribution >= 4 is 13.1 Å². The first-order valence-corrected chi connectivity index (χ1v) is 7.44. The minimum absolute atomic E-state index is 0.149. The molecule has 0 aromatic carbocycles. The molecule has 0 N–H and O–H groups in total. The molecular weight excluding hydrogens is 285 g/mol. The van der Waals surface area contributed by atoms with Crippen LogP contribution < -0.4 is 0 Å². The fraction of sp³-hybridized carbons (Fsp3) is 0.733. The number of aromatic nitrogens is 1. The first-order valence-electron chi connectivity index (χ1n) is 7.44. The van der Waals surface area contributed by atoms with Crippen LogP contribution in [-0.4, -0.2) is 36.6 Å². The van der Waals surface area contributed by atoms with E-state index in [9.17, 15) is 4.79 Å². The SMILES string of the molecule is COC(=O)CC(B1OC(C)(C)C(C)(C)O1)c1c(C)noc1C. The zero-order valence-electron chi connectivity index (χ0n) is 14.4. The van der Waals surface area contributed by atoms with Crippen molar-refractivity contribution in [2.75, 3.05) is 7.11 Å². The lowest BCUT2D eigenvalue weighted by atomic mass is 9.65. The van der Waals surface area contributed by atoms with Crippen LogP contribution in [0, 0.1) is 13.8 Å². The molecule has 2 heterocycles. The van der Waals surface area contributed by atoms with Gasteiger partial charge in [0.15, 0.2) is 0 Å². The van der Waals surface area contributed by atoms with Crippen molar-refractivity contribution < 1.29 is 23.4 Å². The molecule has 6 nitrogen and oxygen atoms in total. The van der Waals surface area contributed by atoms with Crippen molar-refractivity contribution in [1.82, 2.24) is 5.16 Å². The van der Waals surface area contributed by atoms with Crippen LogP contribution in [0.15, 0.2) is 4.52 Å². The molecule has 1 fully saturated rings. The van der Waals surface area contributed by atoms with Gasteiger partial charge in [-0.05, 0) is 41.5 Å². The van der Waals surface area contributed by atoms with E-state index in [1.807, 2.05) is 41.5 Å². The van der Waals surface area contributed by atoms with Crippen molar-refractivity contribution in [3.05, 3.63) is 17.0 Å². The minimum Gasteiger partial charge on any atom is -0.469 e. The maximum Gasteiger partial charge on any atom is 0.466 e. The maximum absolute atomic E-state index is 11.8. The number of carbonyl (C=O) groups is 1. The van der Waals surface area contributed by atoms with E-state index in [0.717, 1.165) is 11.3 Å². The summed E-state index contributed by atoms with van der Waals surface area (Å²) in [4.78, 5) is 11.8. The standard InChI is InChI=1S/C15H24BNO5/c1-9-13(10(2)20-17-9)11(8-12(18)19-7)16-21-14(3,4)15(5,6)22-16/h11H,8H2,1-7H3. The van der Waals surface area contributed by atoms with Gasteiger partial charge in [0.25, 0.3) is 0 Å². The topological polar surface area (TPSA) is 70.8 Å². The van der Waals surface area contributed by atoms with E-state index < -0.39 is 18.3 Å². The number of methoxy groups -OCH3 is 1. The molecule has 0 spiro atoms. The van der Waals surface area contributed by atoms with Gasteiger partial charge in [0.05, 0.1) is 30.4 Å². The Labute approximate surface area is 131 Å². The summed E-state index contributed by atoms with van der Waals surface area (Å²) in [6, 6.07) is 0. The molecule has 1 aromatic heterocycles. The van der Waals surface area contributed by atoms with E-state index >= 15 is 0 Å². The number of esters is 1. The van der Waals surface area contributed by atoms with Crippen LogP contribution in [0.3, 0.4) is 0 Å². The number of hydrogen-bond acceptors (Lipinski definition) is 6. The summed E-state index contributed by atoms with van der Waals surface area (Å²) in [6.45, 7) is 11.6. The predicted octanol–water partition coefficient (Wildman–Crippen LogP) is 2.57. The van der Waals surface area contributed by atoms with E-state index in [1.54, 1.807) is 0 Å². The molecule has 7 heteroatoms. The van der Waals surface area contributed by atoms with Gasteiger partial charge in [-0.15, -0.1) is 0 Å². The molecule has 2 rings (SSSR count). The summed E-state index contributed by atoms with van der Waals surface area (Å²) in [5, 5.41) is 3.98. The highest BCUT2D eigenvalue weighted by molar-refractivity contribution is 6.48. The van der Waals surface area contributed by atoms with Crippen molar-refractivity contribution in [2.24, 2.45) is 0 Å². The lowest BCUT2D eigenvalue weighted by Gasteiger charge is -2.32. The number of rotatable bonds is 4.